The van der Waals surface area contributed by atoms with E-state index in [9.17, 15) is 0 Å². The van der Waals surface area contributed by atoms with Crippen molar-refractivity contribution in [3.63, 3.8) is 0 Å². The van der Waals surface area contributed by atoms with Gasteiger partial charge in [0.2, 0.25) is 0 Å². The first-order chi connectivity index (χ1) is 8.35. The van der Waals surface area contributed by atoms with E-state index in [4.69, 9.17) is 0 Å². The fourth-order valence-corrected chi connectivity index (χ4v) is 5.38. The molecule has 2 fully saturated rings. The lowest BCUT2D eigenvalue weighted by Gasteiger charge is -2.38. The Kier molecular flexibility index (Phi) is 5.64. The topological polar surface area (TPSA) is 24.1 Å². The molecular formula is C14H28N2S. The molecule has 3 heteroatoms. The van der Waals surface area contributed by atoms with Crippen molar-refractivity contribution in [3.05, 3.63) is 0 Å². The highest BCUT2D eigenvalue weighted by Crippen LogP contribution is 2.37. The largest absolute Gasteiger partial charge is 0.316 e. The van der Waals surface area contributed by atoms with E-state index in [2.05, 4.69) is 36.5 Å². The lowest BCUT2D eigenvalue weighted by molar-refractivity contribution is 0.387. The lowest BCUT2D eigenvalue weighted by Crippen LogP contribution is -2.43. The first-order valence-corrected chi connectivity index (χ1v) is 8.29. The summed E-state index contributed by atoms with van der Waals surface area (Å²) in [5.41, 5.74) is 0. The van der Waals surface area contributed by atoms with Crippen LogP contribution in [-0.4, -0.2) is 36.7 Å². The lowest BCUT2D eigenvalue weighted by atomic mass is 9.94. The third-order valence-electron chi connectivity index (χ3n) is 4.50. The van der Waals surface area contributed by atoms with E-state index in [1.165, 1.54) is 51.4 Å². The van der Waals surface area contributed by atoms with E-state index in [1.54, 1.807) is 0 Å². The van der Waals surface area contributed by atoms with Gasteiger partial charge in [0.1, 0.15) is 0 Å². The molecule has 0 saturated heterocycles. The van der Waals surface area contributed by atoms with Gasteiger partial charge in [-0.25, -0.2) is 0 Å². The third kappa shape index (κ3) is 3.62. The van der Waals surface area contributed by atoms with Crippen molar-refractivity contribution < 1.29 is 0 Å². The zero-order chi connectivity index (χ0) is 12.1. The van der Waals surface area contributed by atoms with Crippen LogP contribution >= 0.6 is 11.8 Å². The van der Waals surface area contributed by atoms with Gasteiger partial charge in [0.25, 0.3) is 0 Å². The Morgan fingerprint density at radius 1 is 0.706 bits per heavy atom. The van der Waals surface area contributed by atoms with Gasteiger partial charge in [0, 0.05) is 22.6 Å². The smallest absolute Gasteiger partial charge is 0.0204 e. The molecule has 0 spiro atoms. The Hall–Kier alpha value is 0.270. The molecule has 0 aliphatic heterocycles. The van der Waals surface area contributed by atoms with Gasteiger partial charge in [-0.2, -0.15) is 11.8 Å². The van der Waals surface area contributed by atoms with Gasteiger partial charge in [-0.3, -0.25) is 0 Å². The van der Waals surface area contributed by atoms with E-state index >= 15 is 0 Å². The maximum atomic E-state index is 3.54. The summed E-state index contributed by atoms with van der Waals surface area (Å²) in [5, 5.41) is 8.78. The molecule has 0 aromatic rings. The molecule has 4 atom stereocenters. The Morgan fingerprint density at radius 2 is 1.12 bits per heavy atom. The van der Waals surface area contributed by atoms with Crippen LogP contribution in [0.25, 0.3) is 0 Å². The van der Waals surface area contributed by atoms with Gasteiger partial charge >= 0.3 is 0 Å². The van der Waals surface area contributed by atoms with Crippen LogP contribution in [0.2, 0.25) is 0 Å². The van der Waals surface area contributed by atoms with E-state index < -0.39 is 0 Å². The maximum Gasteiger partial charge on any atom is 0.0204 e. The van der Waals surface area contributed by atoms with Crippen LogP contribution in [-0.2, 0) is 0 Å². The molecule has 0 heterocycles. The van der Waals surface area contributed by atoms with Crippen LogP contribution in [0.4, 0.5) is 0 Å². The number of thioether (sulfide) groups is 1. The highest BCUT2D eigenvalue weighted by atomic mass is 32.2. The number of hydrogen-bond acceptors (Lipinski definition) is 3. The fourth-order valence-electron chi connectivity index (χ4n) is 3.40. The number of rotatable bonds is 4. The first-order valence-electron chi connectivity index (χ1n) is 7.35. The van der Waals surface area contributed by atoms with E-state index in [1.807, 2.05) is 0 Å². The van der Waals surface area contributed by atoms with Gasteiger partial charge in [-0.05, 0) is 39.8 Å². The van der Waals surface area contributed by atoms with Crippen molar-refractivity contribution in [1.29, 1.82) is 0 Å². The van der Waals surface area contributed by atoms with Gasteiger partial charge in [-0.15, -0.1) is 0 Å². The molecule has 17 heavy (non-hydrogen) atoms. The average molecular weight is 256 g/mol. The van der Waals surface area contributed by atoms with Crippen LogP contribution in [0.3, 0.4) is 0 Å². The number of hydrogen-bond donors (Lipinski definition) is 2. The second-order valence-corrected chi connectivity index (χ2v) is 7.06. The maximum absolute atomic E-state index is 3.54. The zero-order valence-corrected chi connectivity index (χ0v) is 12.2. The van der Waals surface area contributed by atoms with Crippen molar-refractivity contribution in [3.8, 4) is 0 Å². The second-order valence-electron chi connectivity index (χ2n) is 5.57. The van der Waals surface area contributed by atoms with Crippen molar-refractivity contribution in [2.45, 2.75) is 74.0 Å². The summed E-state index contributed by atoms with van der Waals surface area (Å²) in [5.74, 6) is 0. The molecule has 0 aromatic carbocycles. The minimum atomic E-state index is 0.758. The Balaban J connectivity index is 1.88. The van der Waals surface area contributed by atoms with Crippen LogP contribution in [0.15, 0.2) is 0 Å². The summed E-state index contributed by atoms with van der Waals surface area (Å²) in [7, 11) is 4.28. The Morgan fingerprint density at radius 3 is 1.53 bits per heavy atom. The predicted molar refractivity (Wildman–Crippen MR) is 77.8 cm³/mol. The quantitative estimate of drug-likeness (QED) is 0.809. The molecule has 100 valence electrons. The normalized spacial score (nSPS) is 39.2. The summed E-state index contributed by atoms with van der Waals surface area (Å²) < 4.78 is 0. The third-order valence-corrected chi connectivity index (χ3v) is 6.32. The molecule has 2 N–H and O–H groups in total. The molecule has 0 aromatic heterocycles. The molecule has 0 radical (unpaired) electrons. The van der Waals surface area contributed by atoms with Gasteiger partial charge in [-0.1, -0.05) is 25.7 Å². The minimum absolute atomic E-state index is 0.758. The molecule has 2 aliphatic carbocycles. The van der Waals surface area contributed by atoms with Crippen LogP contribution in [0, 0.1) is 0 Å². The highest BCUT2D eigenvalue weighted by molar-refractivity contribution is 8.00. The summed E-state index contributed by atoms with van der Waals surface area (Å²) in [6.45, 7) is 0. The fraction of sp³-hybridized carbons (Fsp3) is 1.00. The van der Waals surface area contributed by atoms with Gasteiger partial charge < -0.3 is 10.6 Å². The van der Waals surface area contributed by atoms with Crippen molar-refractivity contribution in [2.75, 3.05) is 14.1 Å². The van der Waals surface area contributed by atoms with Crippen molar-refractivity contribution >= 4 is 11.8 Å². The number of nitrogens with one attached hydrogen (secondary N) is 2. The summed E-state index contributed by atoms with van der Waals surface area (Å²) in [6, 6.07) is 1.52. The van der Waals surface area contributed by atoms with Crippen molar-refractivity contribution in [2.24, 2.45) is 0 Å². The van der Waals surface area contributed by atoms with Gasteiger partial charge in [0.05, 0.1) is 0 Å². The molecule has 0 amide bonds. The average Bonchev–Trinajstić information content (AvgIpc) is 2.40. The molecule has 2 saturated carbocycles. The predicted octanol–water partition coefficient (Wildman–Crippen LogP) is 2.78. The minimum Gasteiger partial charge on any atom is -0.316 e. The molecule has 2 rings (SSSR count). The zero-order valence-electron chi connectivity index (χ0n) is 11.4. The Bertz CT molecular complexity index is 200. The summed E-state index contributed by atoms with van der Waals surface area (Å²) >= 11 is 2.28. The molecular weight excluding hydrogens is 228 g/mol. The SMILES string of the molecule is CNC1CCCCC1SC1CCCCC1NC. The van der Waals surface area contributed by atoms with E-state index in [0.29, 0.717) is 0 Å². The molecule has 0 bridgehead atoms. The molecule has 2 aliphatic rings. The molecule has 2 nitrogen and oxygen atoms in total. The summed E-state index contributed by atoms with van der Waals surface area (Å²) in [6.07, 6.45) is 11.3. The Labute approximate surface area is 111 Å². The van der Waals surface area contributed by atoms with Crippen LogP contribution in [0.1, 0.15) is 51.4 Å². The standard InChI is InChI=1S/C14H28N2S/c1-15-11-7-3-5-9-13(11)17-14-10-6-4-8-12(14)16-2/h11-16H,3-10H2,1-2H3. The highest BCUT2D eigenvalue weighted by Gasteiger charge is 2.31. The van der Waals surface area contributed by atoms with E-state index in [0.717, 1.165) is 22.6 Å². The second kappa shape index (κ2) is 7.01. The van der Waals surface area contributed by atoms with Crippen molar-refractivity contribution in [1.82, 2.24) is 10.6 Å². The monoisotopic (exact) mass is 256 g/mol. The molecule has 4 unspecified atom stereocenters. The van der Waals surface area contributed by atoms with Gasteiger partial charge in [0.15, 0.2) is 0 Å². The summed E-state index contributed by atoms with van der Waals surface area (Å²) in [4.78, 5) is 0. The van der Waals surface area contributed by atoms with E-state index in [-0.39, 0.29) is 0 Å². The van der Waals surface area contributed by atoms with Crippen LogP contribution < -0.4 is 10.6 Å². The van der Waals surface area contributed by atoms with Crippen LogP contribution in [0.5, 0.6) is 0 Å². The first kappa shape index (κ1) is 13.7.